The summed E-state index contributed by atoms with van der Waals surface area (Å²) in [5.74, 6) is 0.416. The third kappa shape index (κ3) is 4.37. The van der Waals surface area contributed by atoms with Crippen molar-refractivity contribution in [1.82, 2.24) is 15.3 Å². The molecule has 0 aromatic carbocycles. The fourth-order valence-corrected chi connectivity index (χ4v) is 5.46. The van der Waals surface area contributed by atoms with Crippen LogP contribution in [0.2, 0.25) is 0 Å². The van der Waals surface area contributed by atoms with E-state index in [0.29, 0.717) is 31.2 Å². The Labute approximate surface area is 174 Å². The van der Waals surface area contributed by atoms with Crippen LogP contribution in [0.1, 0.15) is 48.6 Å². The molecule has 4 rings (SSSR count). The quantitative estimate of drug-likeness (QED) is 0.716. The molecule has 0 bridgehead atoms. The van der Waals surface area contributed by atoms with Crippen molar-refractivity contribution in [3.05, 3.63) is 34.4 Å². The highest BCUT2D eigenvalue weighted by Crippen LogP contribution is 2.35. The summed E-state index contributed by atoms with van der Waals surface area (Å²) in [6.45, 7) is 4.62. The first-order valence-electron chi connectivity index (χ1n) is 9.63. The predicted octanol–water partition coefficient (Wildman–Crippen LogP) is 2.53. The Morgan fingerprint density at radius 1 is 1.38 bits per heavy atom. The normalized spacial score (nSPS) is 18.6. The molecule has 0 spiro atoms. The summed E-state index contributed by atoms with van der Waals surface area (Å²) >= 11 is 1.46. The third-order valence-electron chi connectivity index (χ3n) is 4.99. The second kappa shape index (κ2) is 7.56. The number of rotatable bonds is 7. The Bertz CT molecular complexity index is 1000. The van der Waals surface area contributed by atoms with Gasteiger partial charge in [0.25, 0.3) is 5.91 Å². The van der Waals surface area contributed by atoms with E-state index in [1.807, 2.05) is 19.2 Å². The molecule has 0 atom stereocenters. The Balaban J connectivity index is 1.60. The van der Waals surface area contributed by atoms with Crippen LogP contribution in [0.25, 0.3) is 0 Å². The van der Waals surface area contributed by atoms with Gasteiger partial charge in [0.05, 0.1) is 17.9 Å². The highest BCUT2D eigenvalue weighted by molar-refractivity contribution is 7.93. The van der Waals surface area contributed by atoms with Gasteiger partial charge >= 0.3 is 0 Å². The molecule has 3 heterocycles. The number of carbonyl (C=O) groups excluding carboxylic acids is 1. The van der Waals surface area contributed by atoms with Crippen molar-refractivity contribution in [2.75, 3.05) is 23.2 Å². The largest absolute Gasteiger partial charge is 0.476 e. The molecule has 1 amide bonds. The van der Waals surface area contributed by atoms with Gasteiger partial charge in [-0.2, -0.15) is 0 Å². The van der Waals surface area contributed by atoms with Gasteiger partial charge < -0.3 is 10.1 Å². The molecule has 10 heteroatoms. The lowest BCUT2D eigenvalue weighted by Gasteiger charge is -2.24. The Hall–Kier alpha value is -2.20. The van der Waals surface area contributed by atoms with Crippen LogP contribution in [0.4, 0.5) is 5.69 Å². The Kier molecular flexibility index (Phi) is 5.24. The first kappa shape index (κ1) is 20.1. The molecule has 2 aromatic heterocycles. The summed E-state index contributed by atoms with van der Waals surface area (Å²) < 4.78 is 31.9. The molecular formula is C19H24N4O4S2. The minimum atomic E-state index is -3.37. The summed E-state index contributed by atoms with van der Waals surface area (Å²) in [5, 5.41) is 5.59. The van der Waals surface area contributed by atoms with Crippen molar-refractivity contribution < 1.29 is 17.9 Å². The number of sulfonamides is 1. The standard InChI is InChI=1S/C19H24N4O4S2/c1-19(2,18-20-8-10-28-18)22-16(24)14-6-7-15(23-9-3-11-29(23,25)26)17(21-14)27-12-13-4-5-13/h6-8,10,13H,3-5,9,11-12H2,1-2H3,(H,22,24). The van der Waals surface area contributed by atoms with E-state index in [4.69, 9.17) is 4.74 Å². The summed E-state index contributed by atoms with van der Waals surface area (Å²) in [4.78, 5) is 21.5. The van der Waals surface area contributed by atoms with E-state index in [9.17, 15) is 13.2 Å². The zero-order chi connectivity index (χ0) is 20.6. The number of hydrogen-bond acceptors (Lipinski definition) is 7. The van der Waals surface area contributed by atoms with Crippen LogP contribution >= 0.6 is 11.3 Å². The van der Waals surface area contributed by atoms with Gasteiger partial charge in [0, 0.05) is 18.1 Å². The SMILES string of the molecule is CC(C)(NC(=O)c1ccc(N2CCCS2(=O)=O)c(OCC2CC2)n1)c1nccs1. The fourth-order valence-electron chi connectivity index (χ4n) is 3.18. The van der Waals surface area contributed by atoms with Gasteiger partial charge in [-0.1, -0.05) is 0 Å². The summed E-state index contributed by atoms with van der Waals surface area (Å²) in [6.07, 6.45) is 4.45. The van der Waals surface area contributed by atoms with E-state index >= 15 is 0 Å². The number of hydrogen-bond donors (Lipinski definition) is 1. The van der Waals surface area contributed by atoms with E-state index in [2.05, 4.69) is 15.3 Å². The second-order valence-electron chi connectivity index (χ2n) is 7.93. The van der Waals surface area contributed by atoms with Crippen LogP contribution in [0.5, 0.6) is 5.88 Å². The van der Waals surface area contributed by atoms with Crippen molar-refractivity contribution in [1.29, 1.82) is 0 Å². The van der Waals surface area contributed by atoms with Gasteiger partial charge in [-0.25, -0.2) is 18.4 Å². The van der Waals surface area contributed by atoms with Crippen LogP contribution in [-0.4, -0.2) is 43.2 Å². The smallest absolute Gasteiger partial charge is 0.270 e. The van der Waals surface area contributed by atoms with Crippen molar-refractivity contribution in [3.8, 4) is 5.88 Å². The number of amides is 1. The zero-order valence-electron chi connectivity index (χ0n) is 16.4. The van der Waals surface area contributed by atoms with Crippen molar-refractivity contribution in [2.24, 2.45) is 5.92 Å². The molecule has 1 saturated carbocycles. The molecule has 1 aliphatic carbocycles. The minimum absolute atomic E-state index is 0.110. The highest BCUT2D eigenvalue weighted by Gasteiger charge is 2.33. The first-order valence-corrected chi connectivity index (χ1v) is 12.1. The first-order chi connectivity index (χ1) is 13.8. The lowest BCUT2D eigenvalue weighted by atomic mass is 10.1. The summed E-state index contributed by atoms with van der Waals surface area (Å²) in [6, 6.07) is 3.16. The fraction of sp³-hybridized carbons (Fsp3) is 0.526. The number of nitrogens with zero attached hydrogens (tertiary/aromatic N) is 3. The molecule has 8 nitrogen and oxygen atoms in total. The maximum Gasteiger partial charge on any atom is 0.270 e. The molecule has 2 aliphatic rings. The molecular weight excluding hydrogens is 412 g/mol. The van der Waals surface area contributed by atoms with E-state index in [-0.39, 0.29) is 23.2 Å². The predicted molar refractivity (Wildman–Crippen MR) is 111 cm³/mol. The van der Waals surface area contributed by atoms with Crippen LogP contribution < -0.4 is 14.4 Å². The maximum absolute atomic E-state index is 12.8. The molecule has 29 heavy (non-hydrogen) atoms. The number of carbonyl (C=O) groups is 1. The van der Waals surface area contributed by atoms with Crippen LogP contribution in [0.3, 0.4) is 0 Å². The Morgan fingerprint density at radius 3 is 2.79 bits per heavy atom. The van der Waals surface area contributed by atoms with E-state index in [1.165, 1.54) is 15.6 Å². The molecule has 1 saturated heterocycles. The monoisotopic (exact) mass is 436 g/mol. The van der Waals surface area contributed by atoms with Crippen LogP contribution in [0, 0.1) is 5.92 Å². The zero-order valence-corrected chi connectivity index (χ0v) is 18.1. The third-order valence-corrected chi connectivity index (χ3v) is 7.94. The lowest BCUT2D eigenvalue weighted by molar-refractivity contribution is 0.0905. The van der Waals surface area contributed by atoms with Crippen LogP contribution in [-0.2, 0) is 15.6 Å². The molecule has 0 unspecified atom stereocenters. The molecule has 156 valence electrons. The molecule has 2 aromatic rings. The van der Waals surface area contributed by atoms with Gasteiger partial charge in [0.1, 0.15) is 16.4 Å². The average molecular weight is 437 g/mol. The maximum atomic E-state index is 12.8. The average Bonchev–Trinajstić information content (AvgIpc) is 3.17. The molecule has 1 aliphatic heterocycles. The van der Waals surface area contributed by atoms with E-state index in [1.54, 1.807) is 18.3 Å². The van der Waals surface area contributed by atoms with Crippen molar-refractivity contribution >= 4 is 33.0 Å². The van der Waals surface area contributed by atoms with Gasteiger partial charge in [-0.3, -0.25) is 9.10 Å². The topological polar surface area (TPSA) is 101 Å². The molecule has 0 radical (unpaired) electrons. The van der Waals surface area contributed by atoms with E-state index < -0.39 is 15.6 Å². The van der Waals surface area contributed by atoms with Gasteiger partial charge in [-0.05, 0) is 51.2 Å². The Morgan fingerprint density at radius 2 is 2.17 bits per heavy atom. The van der Waals surface area contributed by atoms with Crippen molar-refractivity contribution in [2.45, 2.75) is 38.6 Å². The number of thiazole rings is 1. The minimum Gasteiger partial charge on any atom is -0.476 e. The number of anilines is 1. The van der Waals surface area contributed by atoms with Gasteiger partial charge in [0.2, 0.25) is 15.9 Å². The highest BCUT2D eigenvalue weighted by atomic mass is 32.2. The van der Waals surface area contributed by atoms with E-state index in [0.717, 1.165) is 17.8 Å². The lowest BCUT2D eigenvalue weighted by Crippen LogP contribution is -2.41. The number of ether oxygens (including phenoxy) is 1. The van der Waals surface area contributed by atoms with Gasteiger partial charge in [-0.15, -0.1) is 11.3 Å². The number of aromatic nitrogens is 2. The molecule has 1 N–H and O–H groups in total. The van der Waals surface area contributed by atoms with Gasteiger partial charge in [0.15, 0.2) is 0 Å². The second-order valence-corrected chi connectivity index (χ2v) is 10.8. The molecule has 2 fully saturated rings. The number of nitrogens with one attached hydrogen (secondary N) is 1. The summed E-state index contributed by atoms with van der Waals surface area (Å²) in [7, 11) is -3.37. The van der Waals surface area contributed by atoms with Crippen LogP contribution in [0.15, 0.2) is 23.7 Å². The van der Waals surface area contributed by atoms with Crippen molar-refractivity contribution in [3.63, 3.8) is 0 Å². The summed E-state index contributed by atoms with van der Waals surface area (Å²) in [5.41, 5.74) is -0.0708. The number of pyridine rings is 1.